The van der Waals surface area contributed by atoms with Gasteiger partial charge in [0, 0.05) is 17.8 Å². The fourth-order valence-electron chi connectivity index (χ4n) is 1.39. The van der Waals surface area contributed by atoms with Crippen LogP contribution in [0, 0.1) is 11.6 Å². The molecule has 1 aromatic carbocycles. The van der Waals surface area contributed by atoms with Crippen molar-refractivity contribution in [3.8, 4) is 0 Å². The molecule has 0 aliphatic carbocycles. The Hall–Kier alpha value is -2.24. The molecular weight excluding hydrogens is 230 g/mol. The molecule has 0 unspecified atom stereocenters. The summed E-state index contributed by atoms with van der Waals surface area (Å²) in [5, 5.41) is 12.4. The maximum absolute atomic E-state index is 13.3. The van der Waals surface area contributed by atoms with Crippen molar-refractivity contribution >= 4 is 5.97 Å². The van der Waals surface area contributed by atoms with E-state index in [4.69, 9.17) is 5.11 Å². The maximum Gasteiger partial charge on any atom is 0.356 e. The third kappa shape index (κ3) is 2.47. The van der Waals surface area contributed by atoms with E-state index < -0.39 is 17.6 Å². The van der Waals surface area contributed by atoms with Crippen molar-refractivity contribution in [1.82, 2.24) is 9.78 Å². The van der Waals surface area contributed by atoms with Crippen molar-refractivity contribution in [3.63, 3.8) is 0 Å². The zero-order valence-corrected chi connectivity index (χ0v) is 8.60. The van der Waals surface area contributed by atoms with Gasteiger partial charge in [-0.1, -0.05) is 6.07 Å². The smallest absolute Gasteiger partial charge is 0.356 e. The highest BCUT2D eigenvalue weighted by atomic mass is 19.1. The molecule has 1 aromatic heterocycles. The second-order valence-corrected chi connectivity index (χ2v) is 3.44. The van der Waals surface area contributed by atoms with Gasteiger partial charge in [-0.15, -0.1) is 0 Å². The van der Waals surface area contributed by atoms with Crippen LogP contribution in [0.25, 0.3) is 0 Å². The normalized spacial score (nSPS) is 10.5. The van der Waals surface area contributed by atoms with E-state index in [0.717, 1.165) is 12.1 Å². The minimum atomic E-state index is -1.15. The van der Waals surface area contributed by atoms with Gasteiger partial charge < -0.3 is 5.11 Å². The minimum Gasteiger partial charge on any atom is -0.476 e. The van der Waals surface area contributed by atoms with Crippen LogP contribution < -0.4 is 0 Å². The molecule has 0 saturated carbocycles. The van der Waals surface area contributed by atoms with Crippen LogP contribution in [-0.2, 0) is 6.54 Å². The second-order valence-electron chi connectivity index (χ2n) is 3.44. The maximum atomic E-state index is 13.3. The van der Waals surface area contributed by atoms with E-state index in [0.29, 0.717) is 0 Å². The monoisotopic (exact) mass is 238 g/mol. The number of aromatic nitrogens is 2. The summed E-state index contributed by atoms with van der Waals surface area (Å²) < 4.78 is 27.2. The Morgan fingerprint density at radius 2 is 2.12 bits per heavy atom. The summed E-state index contributed by atoms with van der Waals surface area (Å²) in [6, 6.07) is 4.52. The molecule has 2 aromatic rings. The topological polar surface area (TPSA) is 55.1 Å². The summed E-state index contributed by atoms with van der Waals surface area (Å²) in [6.07, 6.45) is 1.42. The highest BCUT2D eigenvalue weighted by Crippen LogP contribution is 2.11. The Morgan fingerprint density at radius 1 is 1.35 bits per heavy atom. The molecule has 0 aliphatic heterocycles. The highest BCUT2D eigenvalue weighted by Gasteiger charge is 2.09. The summed E-state index contributed by atoms with van der Waals surface area (Å²) in [4.78, 5) is 10.6. The van der Waals surface area contributed by atoms with Crippen LogP contribution in [0.3, 0.4) is 0 Å². The highest BCUT2D eigenvalue weighted by molar-refractivity contribution is 5.85. The number of hydrogen-bond acceptors (Lipinski definition) is 2. The third-order valence-corrected chi connectivity index (χ3v) is 2.21. The largest absolute Gasteiger partial charge is 0.476 e. The van der Waals surface area contributed by atoms with Crippen molar-refractivity contribution in [2.75, 3.05) is 0 Å². The lowest BCUT2D eigenvalue weighted by atomic mass is 10.2. The van der Waals surface area contributed by atoms with Crippen molar-refractivity contribution in [2.45, 2.75) is 6.54 Å². The van der Waals surface area contributed by atoms with E-state index in [1.165, 1.54) is 23.0 Å². The van der Waals surface area contributed by atoms with Gasteiger partial charge in [-0.05, 0) is 12.1 Å². The fourth-order valence-corrected chi connectivity index (χ4v) is 1.39. The zero-order valence-electron chi connectivity index (χ0n) is 8.60. The van der Waals surface area contributed by atoms with Gasteiger partial charge in [-0.25, -0.2) is 13.6 Å². The molecule has 0 fully saturated rings. The van der Waals surface area contributed by atoms with E-state index in [1.54, 1.807) is 0 Å². The van der Waals surface area contributed by atoms with Crippen molar-refractivity contribution in [1.29, 1.82) is 0 Å². The Morgan fingerprint density at radius 3 is 2.71 bits per heavy atom. The molecule has 1 N–H and O–H groups in total. The number of aromatic carboxylic acids is 1. The van der Waals surface area contributed by atoms with Crippen LogP contribution in [0.4, 0.5) is 8.78 Å². The minimum absolute atomic E-state index is 0.0550. The average molecular weight is 238 g/mol. The molecule has 0 bridgehead atoms. The summed E-state index contributed by atoms with van der Waals surface area (Å²) in [7, 11) is 0. The van der Waals surface area contributed by atoms with E-state index >= 15 is 0 Å². The number of nitrogens with zero attached hydrogens (tertiary/aromatic N) is 2. The molecule has 88 valence electrons. The first-order valence-corrected chi connectivity index (χ1v) is 4.77. The number of hydrogen-bond donors (Lipinski definition) is 1. The first kappa shape index (κ1) is 11.3. The second kappa shape index (κ2) is 4.32. The standard InChI is InChI=1S/C11H8F2N2O2/c12-8-2-1-7(9(13)5-8)6-15-4-3-10(14-15)11(16)17/h1-5H,6H2,(H,16,17). The van der Waals surface area contributed by atoms with Crippen LogP contribution in [0.15, 0.2) is 30.5 Å². The predicted molar refractivity (Wildman–Crippen MR) is 54.6 cm³/mol. The lowest BCUT2D eigenvalue weighted by molar-refractivity contribution is 0.0689. The number of rotatable bonds is 3. The number of halogens is 2. The van der Waals surface area contributed by atoms with Gasteiger partial charge in [0.1, 0.15) is 11.6 Å². The van der Waals surface area contributed by atoms with Gasteiger partial charge in [0.15, 0.2) is 5.69 Å². The third-order valence-electron chi connectivity index (χ3n) is 2.21. The van der Waals surface area contributed by atoms with Gasteiger partial charge in [0.25, 0.3) is 0 Å². The van der Waals surface area contributed by atoms with Crippen LogP contribution >= 0.6 is 0 Å². The molecular formula is C11H8F2N2O2. The number of benzene rings is 1. The van der Waals surface area contributed by atoms with Gasteiger partial charge >= 0.3 is 5.97 Å². The molecule has 0 aliphatic rings. The van der Waals surface area contributed by atoms with Crippen LogP contribution in [0.2, 0.25) is 0 Å². The van der Waals surface area contributed by atoms with Crippen molar-refractivity contribution in [3.05, 3.63) is 53.4 Å². The Kier molecular flexibility index (Phi) is 2.86. The molecule has 0 saturated heterocycles. The van der Waals surface area contributed by atoms with Gasteiger partial charge in [-0.3, -0.25) is 4.68 Å². The van der Waals surface area contributed by atoms with E-state index in [9.17, 15) is 13.6 Å². The summed E-state index contributed by atoms with van der Waals surface area (Å²) >= 11 is 0. The van der Waals surface area contributed by atoms with Gasteiger partial charge in [0.2, 0.25) is 0 Å². The number of carboxylic acid groups (broad SMARTS) is 1. The molecule has 17 heavy (non-hydrogen) atoms. The van der Waals surface area contributed by atoms with E-state index in [-0.39, 0.29) is 17.8 Å². The summed E-state index contributed by atoms with van der Waals surface area (Å²) in [5.41, 5.74) is 0.124. The van der Waals surface area contributed by atoms with E-state index in [1.807, 2.05) is 0 Å². The predicted octanol–water partition coefficient (Wildman–Crippen LogP) is 1.91. The Labute approximate surface area is 95.1 Å². The molecule has 1 heterocycles. The molecule has 0 radical (unpaired) electrons. The molecule has 6 heteroatoms. The van der Waals surface area contributed by atoms with Crippen molar-refractivity contribution < 1.29 is 18.7 Å². The van der Waals surface area contributed by atoms with Gasteiger partial charge in [0.05, 0.1) is 6.54 Å². The molecule has 2 rings (SSSR count). The van der Waals surface area contributed by atoms with Gasteiger partial charge in [-0.2, -0.15) is 5.10 Å². The lowest BCUT2D eigenvalue weighted by Gasteiger charge is -2.03. The lowest BCUT2D eigenvalue weighted by Crippen LogP contribution is -2.05. The van der Waals surface area contributed by atoms with Crippen LogP contribution in [-0.4, -0.2) is 20.9 Å². The van der Waals surface area contributed by atoms with Crippen LogP contribution in [0.1, 0.15) is 16.1 Å². The summed E-state index contributed by atoms with van der Waals surface area (Å²) in [5.74, 6) is -2.49. The van der Waals surface area contributed by atoms with Crippen LogP contribution in [0.5, 0.6) is 0 Å². The zero-order chi connectivity index (χ0) is 12.4. The summed E-state index contributed by atoms with van der Waals surface area (Å²) in [6.45, 7) is 0.0550. The SMILES string of the molecule is O=C(O)c1ccn(Cc2ccc(F)cc2F)n1. The molecule has 0 spiro atoms. The van der Waals surface area contributed by atoms with E-state index in [2.05, 4.69) is 5.10 Å². The number of carboxylic acids is 1. The Balaban J connectivity index is 2.22. The molecule has 0 atom stereocenters. The molecule has 0 amide bonds. The average Bonchev–Trinajstić information content (AvgIpc) is 2.71. The Bertz CT molecular complexity index is 566. The molecule has 4 nitrogen and oxygen atoms in total. The number of carbonyl (C=O) groups is 1. The van der Waals surface area contributed by atoms with Crippen molar-refractivity contribution in [2.24, 2.45) is 0 Å². The quantitative estimate of drug-likeness (QED) is 0.888. The first-order chi connectivity index (χ1) is 8.06. The fraction of sp³-hybridized carbons (Fsp3) is 0.0909. The first-order valence-electron chi connectivity index (χ1n) is 4.77.